The van der Waals surface area contributed by atoms with Gasteiger partial charge in [-0.15, -0.1) is 0 Å². The van der Waals surface area contributed by atoms with E-state index < -0.39 is 0 Å². The number of aromatic nitrogens is 2. The van der Waals surface area contributed by atoms with Gasteiger partial charge in [0, 0.05) is 23.7 Å². The van der Waals surface area contributed by atoms with E-state index in [1.165, 1.54) is 52.7 Å². The zero-order valence-electron chi connectivity index (χ0n) is 19.4. The summed E-state index contributed by atoms with van der Waals surface area (Å²) in [5.41, 5.74) is 7.82. The van der Waals surface area contributed by atoms with Gasteiger partial charge in [-0.05, 0) is 101 Å². The van der Waals surface area contributed by atoms with E-state index in [0.717, 1.165) is 42.8 Å². The highest BCUT2D eigenvalue weighted by atomic mass is 32.2. The van der Waals surface area contributed by atoms with Crippen LogP contribution >= 0.6 is 11.9 Å². The Morgan fingerprint density at radius 2 is 1.77 bits per heavy atom. The normalized spacial score (nSPS) is 16.0. The summed E-state index contributed by atoms with van der Waals surface area (Å²) in [5.74, 6) is 0. The van der Waals surface area contributed by atoms with Gasteiger partial charge in [0.2, 0.25) is 0 Å². The lowest BCUT2D eigenvalue weighted by atomic mass is 9.99. The smallest absolute Gasteiger partial charge is 0.307 e. The van der Waals surface area contributed by atoms with E-state index in [2.05, 4.69) is 66.6 Å². The maximum Gasteiger partial charge on any atom is 0.329 e. The first-order chi connectivity index (χ1) is 14.9. The van der Waals surface area contributed by atoms with Gasteiger partial charge in [-0.25, -0.2) is 4.79 Å². The van der Waals surface area contributed by atoms with Crippen LogP contribution in [0.25, 0.3) is 0 Å². The van der Waals surface area contributed by atoms with Crippen LogP contribution in [0.1, 0.15) is 80.1 Å². The van der Waals surface area contributed by atoms with E-state index in [0.29, 0.717) is 6.04 Å². The summed E-state index contributed by atoms with van der Waals surface area (Å²) >= 11 is 1.29. The lowest BCUT2D eigenvalue weighted by Gasteiger charge is -2.24. The van der Waals surface area contributed by atoms with Crippen molar-refractivity contribution in [3.8, 4) is 0 Å². The fourth-order valence-electron chi connectivity index (χ4n) is 5.14. The molecule has 2 aliphatic rings. The number of nitrogens with zero attached hydrogens (tertiary/aromatic N) is 3. The number of carbonyl (C=O) groups is 1. The molecule has 6 nitrogen and oxygen atoms in total. The minimum Gasteiger partial charge on any atom is -0.307 e. The fourth-order valence-corrected chi connectivity index (χ4v) is 5.70. The molecule has 0 bridgehead atoms. The Morgan fingerprint density at radius 3 is 2.32 bits per heavy atom. The van der Waals surface area contributed by atoms with Crippen LogP contribution < -0.4 is 10.0 Å². The zero-order chi connectivity index (χ0) is 22.1. The number of rotatable bonds is 7. The molecule has 168 valence electrons. The number of nitrogens with one attached hydrogen (secondary N) is 2. The predicted molar refractivity (Wildman–Crippen MR) is 128 cm³/mol. The van der Waals surface area contributed by atoms with Gasteiger partial charge < -0.3 is 10.2 Å². The minimum absolute atomic E-state index is 0.167. The van der Waals surface area contributed by atoms with Gasteiger partial charge >= 0.3 is 6.03 Å². The molecule has 0 saturated heterocycles. The molecular formula is C24H35N5OS. The summed E-state index contributed by atoms with van der Waals surface area (Å²) in [5, 5.41) is 8.78. The Labute approximate surface area is 190 Å². The van der Waals surface area contributed by atoms with Crippen molar-refractivity contribution in [1.82, 2.24) is 19.4 Å². The molecular weight excluding hydrogens is 406 g/mol. The number of urea groups is 1. The van der Waals surface area contributed by atoms with Gasteiger partial charge in [0.05, 0.1) is 11.7 Å². The highest BCUT2D eigenvalue weighted by Crippen LogP contribution is 2.38. The van der Waals surface area contributed by atoms with E-state index in [1.54, 1.807) is 0 Å². The van der Waals surface area contributed by atoms with Crippen molar-refractivity contribution >= 4 is 23.7 Å². The van der Waals surface area contributed by atoms with Gasteiger partial charge in [0.15, 0.2) is 0 Å². The first-order valence-electron chi connectivity index (χ1n) is 11.5. The van der Waals surface area contributed by atoms with Crippen LogP contribution in [0.15, 0.2) is 17.2 Å². The number of hydrogen-bond acceptors (Lipinski definition) is 4. The number of amides is 2. The van der Waals surface area contributed by atoms with Gasteiger partial charge in [0.1, 0.15) is 5.03 Å². The lowest BCUT2D eigenvalue weighted by molar-refractivity contribution is 0.257. The van der Waals surface area contributed by atoms with E-state index in [9.17, 15) is 4.79 Å². The Kier molecular flexibility index (Phi) is 6.63. The molecule has 31 heavy (non-hydrogen) atoms. The molecule has 2 amide bonds. The molecule has 1 heterocycles. The third-order valence-corrected chi connectivity index (χ3v) is 7.24. The number of hydrogen-bond donors (Lipinski definition) is 2. The van der Waals surface area contributed by atoms with Crippen LogP contribution in [-0.2, 0) is 25.7 Å². The second-order valence-electron chi connectivity index (χ2n) is 9.23. The number of benzene rings is 1. The molecule has 1 aromatic heterocycles. The molecule has 1 unspecified atom stereocenters. The molecule has 1 aromatic carbocycles. The van der Waals surface area contributed by atoms with Crippen molar-refractivity contribution in [3.05, 3.63) is 40.1 Å². The quantitative estimate of drug-likeness (QED) is 0.574. The van der Waals surface area contributed by atoms with E-state index in [4.69, 9.17) is 5.10 Å². The lowest BCUT2D eigenvalue weighted by Crippen LogP contribution is -2.24. The van der Waals surface area contributed by atoms with Gasteiger partial charge in [-0.2, -0.15) is 5.10 Å². The topological polar surface area (TPSA) is 62.2 Å². The number of anilines is 1. The average molecular weight is 442 g/mol. The Bertz CT molecular complexity index is 933. The van der Waals surface area contributed by atoms with Crippen LogP contribution in [0.4, 0.5) is 10.5 Å². The molecule has 2 aliphatic carbocycles. The molecule has 4 rings (SSSR count). The molecule has 0 radical (unpaired) electrons. The minimum atomic E-state index is -0.167. The van der Waals surface area contributed by atoms with Crippen molar-refractivity contribution < 1.29 is 4.79 Å². The van der Waals surface area contributed by atoms with Crippen molar-refractivity contribution in [2.24, 2.45) is 0 Å². The first kappa shape index (κ1) is 22.2. The summed E-state index contributed by atoms with van der Waals surface area (Å²) < 4.78 is 5.05. The van der Waals surface area contributed by atoms with Crippen LogP contribution in [0.3, 0.4) is 0 Å². The summed E-state index contributed by atoms with van der Waals surface area (Å²) in [6.07, 6.45) is 7.77. The number of aryl methyl sites for hydroxylation is 2. The van der Waals surface area contributed by atoms with Gasteiger partial charge in [-0.1, -0.05) is 13.0 Å². The molecule has 0 spiro atoms. The Morgan fingerprint density at radius 1 is 1.13 bits per heavy atom. The Hall–Kier alpha value is -1.99. The Balaban J connectivity index is 1.48. The highest BCUT2D eigenvalue weighted by molar-refractivity contribution is 7.97. The number of fused-ring (bicyclic) bond motifs is 2. The summed E-state index contributed by atoms with van der Waals surface area (Å²) in [6.45, 7) is 6.48. The number of carbonyl (C=O) groups excluding carboxylic acids is 1. The van der Waals surface area contributed by atoms with E-state index >= 15 is 0 Å². The van der Waals surface area contributed by atoms with Gasteiger partial charge in [0.25, 0.3) is 0 Å². The molecule has 2 N–H and O–H groups in total. The van der Waals surface area contributed by atoms with Crippen molar-refractivity contribution in [3.63, 3.8) is 0 Å². The van der Waals surface area contributed by atoms with Crippen LogP contribution in [-0.4, -0.2) is 34.8 Å². The molecule has 2 aromatic rings. The molecule has 0 saturated carbocycles. The summed E-state index contributed by atoms with van der Waals surface area (Å²) in [7, 11) is 4.20. The standard InChI is InChI=1S/C24H35N5OS/c1-6-20(28(4)5)21-14-22(26-29(21)15(2)3)31-27-24(30)25-23-18-11-7-9-16(18)13-17-10-8-12-19(17)23/h13-15,20H,6-12H2,1-5H3,(H2,25,27,30). The van der Waals surface area contributed by atoms with Crippen LogP contribution in [0, 0.1) is 0 Å². The third-order valence-electron chi connectivity index (χ3n) is 6.54. The van der Waals surface area contributed by atoms with Crippen LogP contribution in [0.2, 0.25) is 0 Å². The molecule has 1 atom stereocenters. The maximum absolute atomic E-state index is 12.8. The van der Waals surface area contributed by atoms with Crippen molar-refractivity contribution in [2.45, 2.75) is 82.8 Å². The summed E-state index contributed by atoms with van der Waals surface area (Å²) in [6, 6.07) is 4.89. The summed E-state index contributed by atoms with van der Waals surface area (Å²) in [4.78, 5) is 15.0. The van der Waals surface area contributed by atoms with Crippen molar-refractivity contribution in [2.75, 3.05) is 19.4 Å². The first-order valence-corrected chi connectivity index (χ1v) is 12.4. The van der Waals surface area contributed by atoms with E-state index in [-0.39, 0.29) is 12.1 Å². The average Bonchev–Trinajstić information content (AvgIpc) is 3.45. The van der Waals surface area contributed by atoms with E-state index in [1.807, 2.05) is 0 Å². The maximum atomic E-state index is 12.8. The monoisotopic (exact) mass is 441 g/mol. The van der Waals surface area contributed by atoms with Crippen molar-refractivity contribution in [1.29, 1.82) is 0 Å². The second-order valence-corrected chi connectivity index (χ2v) is 10.1. The third kappa shape index (κ3) is 4.48. The highest BCUT2D eigenvalue weighted by Gasteiger charge is 2.25. The molecule has 0 fully saturated rings. The zero-order valence-corrected chi connectivity index (χ0v) is 20.2. The largest absolute Gasteiger partial charge is 0.329 e. The van der Waals surface area contributed by atoms with Gasteiger partial charge in [-0.3, -0.25) is 9.40 Å². The molecule has 7 heteroatoms. The van der Waals surface area contributed by atoms with Crippen LogP contribution in [0.5, 0.6) is 0 Å². The SMILES string of the molecule is CCC(c1cc(SNC(=O)Nc2c3c(cc4c2CCC4)CCC3)nn1C(C)C)N(C)C. The second kappa shape index (κ2) is 9.25. The predicted octanol–water partition coefficient (Wildman–Crippen LogP) is 5.28. The molecule has 0 aliphatic heterocycles. The fraction of sp³-hybridized carbons (Fsp3) is 0.583.